The number of rotatable bonds is 5. The van der Waals surface area contributed by atoms with Gasteiger partial charge in [0.1, 0.15) is 0 Å². The van der Waals surface area contributed by atoms with Crippen LogP contribution in [0.2, 0.25) is 0 Å². The minimum absolute atomic E-state index is 0.00413. The summed E-state index contributed by atoms with van der Waals surface area (Å²) in [5.74, 6) is -0.745. The van der Waals surface area contributed by atoms with Crippen LogP contribution in [-0.2, 0) is 20.7 Å². The van der Waals surface area contributed by atoms with E-state index in [9.17, 15) is 19.1 Å². The summed E-state index contributed by atoms with van der Waals surface area (Å²) in [5, 5.41) is 25.4. The molecule has 4 aliphatic rings. The molecule has 3 fully saturated rings. The second-order valence-corrected chi connectivity index (χ2v) is 13.5. The summed E-state index contributed by atoms with van der Waals surface area (Å²) in [6.07, 6.45) is 8.92. The van der Waals surface area contributed by atoms with Crippen LogP contribution in [0.4, 0.5) is 4.39 Å². The number of nitriles is 1. The van der Waals surface area contributed by atoms with Gasteiger partial charge in [-0.2, -0.15) is 14.8 Å². The van der Waals surface area contributed by atoms with Crippen LogP contribution in [0.1, 0.15) is 70.6 Å². The zero-order valence-corrected chi connectivity index (χ0v) is 24.4. The second kappa shape index (κ2) is 10.1. The van der Waals surface area contributed by atoms with E-state index in [-0.39, 0.29) is 40.5 Å². The van der Waals surface area contributed by atoms with Crippen LogP contribution in [0.25, 0.3) is 11.8 Å². The van der Waals surface area contributed by atoms with Crippen molar-refractivity contribution < 1.29 is 23.8 Å². The molecule has 2 heterocycles. The van der Waals surface area contributed by atoms with E-state index >= 15 is 0 Å². The molecule has 0 aromatic carbocycles. The number of esters is 1. The Bertz CT molecular complexity index is 1470. The van der Waals surface area contributed by atoms with Gasteiger partial charge >= 0.3 is 5.97 Å². The first-order valence-corrected chi connectivity index (χ1v) is 15.4. The number of thioether (sulfide) groups is 1. The molecule has 8 nitrogen and oxygen atoms in total. The number of hydrogen-bond donors (Lipinski definition) is 1. The molecule has 2 aromatic rings. The first-order valence-electron chi connectivity index (χ1n) is 14.4. The number of fused-ring (bicyclic) bond motifs is 6. The maximum atomic E-state index is 13.7. The van der Waals surface area contributed by atoms with Gasteiger partial charge in [-0.25, -0.2) is 9.67 Å². The molecule has 4 aliphatic carbocycles. The molecular formula is C31H35FN4O4S. The van der Waals surface area contributed by atoms with Crippen LogP contribution in [0.3, 0.4) is 0 Å². The second-order valence-electron chi connectivity index (χ2n) is 12.5. The van der Waals surface area contributed by atoms with Crippen LogP contribution in [0.15, 0.2) is 30.1 Å². The standard InChI is InChI=1S/C31H35FN4O4S/c1-4-26(38)40-31(28(39)41-12-11-33)10-9-22-21-7-5-19-13-23-18(16-35-36(23)20-6-8-25(32)34-17-20)14-29(19,2)27(21)24(37)15-30(22,31)3/h6,8,13,16-17,21-22,24,27,37H,4-5,7,9-10,12,14-15H2,1-3H3/t21-,22-,24-,27+,29-,30-,31-/m0/s1. The summed E-state index contributed by atoms with van der Waals surface area (Å²) >= 11 is 0.918. The van der Waals surface area contributed by atoms with Gasteiger partial charge in [0.25, 0.3) is 0 Å². The number of nitrogens with zero attached hydrogens (tertiary/aromatic N) is 4. The summed E-state index contributed by atoms with van der Waals surface area (Å²) < 4.78 is 21.3. The molecule has 0 radical (unpaired) electrons. The number of hydrogen-bond acceptors (Lipinski definition) is 8. The lowest BCUT2D eigenvalue weighted by molar-refractivity contribution is -0.196. The highest BCUT2D eigenvalue weighted by Gasteiger charge is 2.70. The van der Waals surface area contributed by atoms with E-state index in [1.807, 2.05) is 19.2 Å². The highest BCUT2D eigenvalue weighted by molar-refractivity contribution is 8.14. The lowest BCUT2D eigenvalue weighted by atomic mass is 9.45. The van der Waals surface area contributed by atoms with Crippen LogP contribution in [-0.4, -0.2) is 48.4 Å². The third-order valence-electron chi connectivity index (χ3n) is 10.7. The van der Waals surface area contributed by atoms with E-state index in [0.29, 0.717) is 18.5 Å². The number of carbonyl (C=O) groups excluding carboxylic acids is 2. The lowest BCUT2D eigenvalue weighted by Crippen LogP contribution is -2.62. The molecule has 41 heavy (non-hydrogen) atoms. The van der Waals surface area contributed by atoms with Gasteiger partial charge < -0.3 is 9.84 Å². The fourth-order valence-electron chi connectivity index (χ4n) is 8.90. The summed E-state index contributed by atoms with van der Waals surface area (Å²) in [4.78, 5) is 30.1. The molecule has 1 N–H and O–H groups in total. The van der Waals surface area contributed by atoms with Gasteiger partial charge in [0.2, 0.25) is 11.1 Å². The number of carbonyl (C=O) groups is 2. The number of ether oxygens (including phenoxy) is 1. The molecule has 3 saturated carbocycles. The Morgan fingerprint density at radius 1 is 1.29 bits per heavy atom. The molecule has 0 unspecified atom stereocenters. The van der Waals surface area contributed by atoms with E-state index in [4.69, 9.17) is 10.00 Å². The zero-order chi connectivity index (χ0) is 29.2. The van der Waals surface area contributed by atoms with Gasteiger partial charge in [-0.1, -0.05) is 38.1 Å². The molecule has 0 spiro atoms. The Kier molecular flexibility index (Phi) is 6.89. The third-order valence-corrected chi connectivity index (χ3v) is 11.5. The van der Waals surface area contributed by atoms with Crippen molar-refractivity contribution in [2.24, 2.45) is 28.6 Å². The van der Waals surface area contributed by atoms with E-state index in [0.717, 1.165) is 48.7 Å². The van der Waals surface area contributed by atoms with Crippen molar-refractivity contribution in [2.75, 3.05) is 5.75 Å². The van der Waals surface area contributed by atoms with Crippen molar-refractivity contribution in [1.82, 2.24) is 14.8 Å². The number of aliphatic hydroxyl groups is 1. The minimum atomic E-state index is -1.35. The predicted octanol–water partition coefficient (Wildman–Crippen LogP) is 5.03. The van der Waals surface area contributed by atoms with Crippen LogP contribution >= 0.6 is 11.8 Å². The summed E-state index contributed by atoms with van der Waals surface area (Å²) in [7, 11) is 0. The van der Waals surface area contributed by atoms with Gasteiger partial charge in [0, 0.05) is 11.8 Å². The Hall–Kier alpha value is -3.03. The van der Waals surface area contributed by atoms with Gasteiger partial charge in [0.05, 0.1) is 41.7 Å². The first-order chi connectivity index (χ1) is 19.6. The van der Waals surface area contributed by atoms with Crippen LogP contribution < -0.4 is 0 Å². The number of halogens is 1. The maximum absolute atomic E-state index is 13.7. The third kappa shape index (κ3) is 4.10. The summed E-state index contributed by atoms with van der Waals surface area (Å²) in [6.45, 7) is 5.98. The number of aromatic nitrogens is 3. The van der Waals surface area contributed by atoms with Crippen LogP contribution in [0.5, 0.6) is 0 Å². The fraction of sp³-hybridized carbons (Fsp3) is 0.581. The Balaban J connectivity index is 1.35. The van der Waals surface area contributed by atoms with Gasteiger partial charge in [-0.05, 0) is 85.5 Å². The molecule has 7 atom stereocenters. The largest absolute Gasteiger partial charge is 0.449 e. The molecule has 10 heteroatoms. The van der Waals surface area contributed by atoms with E-state index in [2.05, 4.69) is 23.1 Å². The highest BCUT2D eigenvalue weighted by atomic mass is 32.2. The molecule has 6 rings (SSSR count). The molecule has 0 amide bonds. The smallest absolute Gasteiger partial charge is 0.306 e. The molecule has 2 aromatic heterocycles. The number of pyridine rings is 1. The quantitative estimate of drug-likeness (QED) is 0.388. The van der Waals surface area contributed by atoms with Crippen molar-refractivity contribution in [3.63, 3.8) is 0 Å². The van der Waals surface area contributed by atoms with Crippen molar-refractivity contribution in [2.45, 2.75) is 77.4 Å². The molecule has 216 valence electrons. The van der Waals surface area contributed by atoms with Crippen LogP contribution in [0, 0.1) is 45.9 Å². The summed E-state index contributed by atoms with van der Waals surface area (Å²) in [5.41, 5.74) is 1.63. The van der Waals surface area contributed by atoms with E-state index < -0.39 is 29.0 Å². The van der Waals surface area contributed by atoms with E-state index in [1.54, 1.807) is 17.7 Å². The minimum Gasteiger partial charge on any atom is -0.449 e. The number of aliphatic hydroxyl groups excluding tert-OH is 1. The Morgan fingerprint density at radius 3 is 2.80 bits per heavy atom. The molecule has 0 bridgehead atoms. The SMILES string of the molecule is CCC(=O)O[C@]1(C(=O)SCC#N)CC[C@H]2[C@@H]3CCC4=Cc5c(cnn5-c5ccc(F)nc5)C[C@]4(C)[C@H]3[C@@H](O)C[C@@]21C. The lowest BCUT2D eigenvalue weighted by Gasteiger charge is -2.60. The topological polar surface area (TPSA) is 118 Å². The number of allylic oxidation sites excluding steroid dienone is 1. The first kappa shape index (κ1) is 28.1. The maximum Gasteiger partial charge on any atom is 0.306 e. The predicted molar refractivity (Wildman–Crippen MR) is 151 cm³/mol. The molecule has 0 saturated heterocycles. The monoisotopic (exact) mass is 578 g/mol. The van der Waals surface area contributed by atoms with Gasteiger partial charge in [-0.15, -0.1) is 0 Å². The summed E-state index contributed by atoms with van der Waals surface area (Å²) in [6, 6.07) is 5.01. The average Bonchev–Trinajstić information content (AvgIpc) is 3.48. The van der Waals surface area contributed by atoms with Crippen molar-refractivity contribution in [1.29, 1.82) is 5.26 Å². The molecule has 0 aliphatic heterocycles. The van der Waals surface area contributed by atoms with E-state index in [1.165, 1.54) is 17.8 Å². The van der Waals surface area contributed by atoms with Crippen molar-refractivity contribution >= 4 is 28.9 Å². The highest BCUT2D eigenvalue weighted by Crippen LogP contribution is 2.68. The Morgan fingerprint density at radius 2 is 2.10 bits per heavy atom. The van der Waals surface area contributed by atoms with Gasteiger partial charge in [0.15, 0.2) is 5.60 Å². The van der Waals surface area contributed by atoms with Gasteiger partial charge in [-0.3, -0.25) is 9.59 Å². The van der Waals surface area contributed by atoms with Crippen molar-refractivity contribution in [3.05, 3.63) is 47.3 Å². The average molecular weight is 579 g/mol. The fourth-order valence-corrected chi connectivity index (χ4v) is 9.70. The van der Waals surface area contributed by atoms with Crippen molar-refractivity contribution in [3.8, 4) is 11.8 Å². The zero-order valence-electron chi connectivity index (χ0n) is 23.6. The Labute approximate surface area is 243 Å². The molecular weight excluding hydrogens is 543 g/mol. The normalized spacial score (nSPS) is 35.3.